The molecule has 1 aliphatic rings. The average Bonchev–Trinajstić information content (AvgIpc) is 3.19. The van der Waals surface area contributed by atoms with Gasteiger partial charge >= 0.3 is 6.18 Å². The highest BCUT2D eigenvalue weighted by Crippen LogP contribution is 2.27. The van der Waals surface area contributed by atoms with Gasteiger partial charge in [0.25, 0.3) is 0 Å². The van der Waals surface area contributed by atoms with Gasteiger partial charge in [0.15, 0.2) is 5.82 Å². The molecule has 1 saturated heterocycles. The molecule has 0 radical (unpaired) electrons. The Morgan fingerprint density at radius 1 is 1.50 bits per heavy atom. The zero-order valence-electron chi connectivity index (χ0n) is 13.1. The van der Waals surface area contributed by atoms with E-state index in [-0.39, 0.29) is 5.92 Å². The summed E-state index contributed by atoms with van der Waals surface area (Å²) >= 11 is 0. The highest BCUT2D eigenvalue weighted by molar-refractivity contribution is 5.86. The van der Waals surface area contributed by atoms with Crippen LogP contribution < -0.4 is 10.3 Å². The van der Waals surface area contributed by atoms with E-state index in [0.717, 1.165) is 11.0 Å². The Bertz CT molecular complexity index is 690. The molecule has 132 valence electrons. The molecule has 2 atom stereocenters. The number of hydrogen-bond donors (Lipinski definition) is 3. The fourth-order valence-electron chi connectivity index (χ4n) is 2.94. The lowest BCUT2D eigenvalue weighted by Crippen LogP contribution is -2.44. The van der Waals surface area contributed by atoms with Crippen LogP contribution in [0.15, 0.2) is 18.6 Å². The first kappa shape index (κ1) is 16.9. The monoisotopic (exact) mass is 344 g/mol. The number of aromatic nitrogens is 3. The lowest BCUT2D eigenvalue weighted by molar-refractivity contribution is -0.133. The van der Waals surface area contributed by atoms with Crippen molar-refractivity contribution in [2.24, 2.45) is 5.92 Å². The molecule has 2 unspecified atom stereocenters. The van der Waals surface area contributed by atoms with Crippen LogP contribution in [0.25, 0.3) is 11.0 Å². The number of aromatic amines is 1. The van der Waals surface area contributed by atoms with Crippen LogP contribution in [0, 0.1) is 5.92 Å². The summed E-state index contributed by atoms with van der Waals surface area (Å²) < 4.78 is 36.7. The Balaban J connectivity index is 1.64. The van der Waals surface area contributed by atoms with E-state index in [2.05, 4.69) is 20.3 Å². The van der Waals surface area contributed by atoms with Crippen molar-refractivity contribution in [3.8, 4) is 0 Å². The maximum absolute atomic E-state index is 12.2. The fourth-order valence-corrected chi connectivity index (χ4v) is 2.94. The smallest absolute Gasteiger partial charge is 0.378 e. The predicted molar refractivity (Wildman–Crippen MR) is 82.0 cm³/mol. The molecule has 24 heavy (non-hydrogen) atoms. The largest absolute Gasteiger partial charge is 0.401 e. The van der Waals surface area contributed by atoms with E-state index < -0.39 is 18.9 Å². The van der Waals surface area contributed by atoms with E-state index in [0.29, 0.717) is 25.3 Å². The Hall–Kier alpha value is -1.91. The fraction of sp³-hybridized carbons (Fsp3) is 0.571. The summed E-state index contributed by atoms with van der Waals surface area (Å²) in [5, 5.41) is 16.8. The van der Waals surface area contributed by atoms with Gasteiger partial charge in [0, 0.05) is 32.3 Å². The summed E-state index contributed by atoms with van der Waals surface area (Å²) in [7, 11) is 1.84. The van der Waals surface area contributed by atoms with Crippen LogP contribution in [0.1, 0.15) is 6.42 Å². The second-order valence-corrected chi connectivity index (χ2v) is 5.86. The van der Waals surface area contributed by atoms with Crippen LogP contribution in [-0.4, -0.2) is 64.2 Å². The molecule has 0 aromatic carbocycles. The number of alkyl halides is 3. The third-order valence-electron chi connectivity index (χ3n) is 4.23. The van der Waals surface area contributed by atoms with Crippen LogP contribution in [0.5, 0.6) is 0 Å². The van der Waals surface area contributed by atoms with Gasteiger partial charge in [-0.05, 0) is 12.5 Å². The van der Waals surface area contributed by atoms with E-state index in [1.807, 2.05) is 23.1 Å². The molecule has 0 aliphatic carbocycles. The normalized spacial score (nSPS) is 20.6. The minimum atomic E-state index is -4.34. The maximum atomic E-state index is 12.2. The van der Waals surface area contributed by atoms with Crippen molar-refractivity contribution >= 4 is 16.9 Å². The number of fused-ring (bicyclic) bond motifs is 1. The Morgan fingerprint density at radius 3 is 3.04 bits per heavy atom. The quantitative estimate of drug-likeness (QED) is 0.705. The van der Waals surface area contributed by atoms with Gasteiger partial charge in [0.2, 0.25) is 0 Å². The van der Waals surface area contributed by atoms with E-state index in [1.54, 1.807) is 6.20 Å². The summed E-state index contributed by atoms with van der Waals surface area (Å²) in [4.78, 5) is 11.4. The molecule has 0 spiro atoms. The van der Waals surface area contributed by atoms with Crippen molar-refractivity contribution in [1.82, 2.24) is 25.3 Å². The van der Waals surface area contributed by atoms with Crippen LogP contribution >= 0.6 is 0 Å². The summed E-state index contributed by atoms with van der Waals surface area (Å²) in [6.07, 6.45) is -1.70. The number of anilines is 1. The molecule has 2 aromatic heterocycles. The number of aliphatic hydroxyl groups excluding tert-OH is 1. The number of H-pyrrole nitrogens is 1. The molecule has 0 saturated carbocycles. The Labute approximate surface area is 136 Å². The SMILES string of the molecule is CN(c1ncnc2[nH]ccc12)N1CCC(C(O)NCC(F)(F)F)C1. The Kier molecular flexibility index (Phi) is 4.61. The van der Waals surface area contributed by atoms with Crippen LogP contribution in [0.2, 0.25) is 0 Å². The van der Waals surface area contributed by atoms with Crippen molar-refractivity contribution in [2.75, 3.05) is 31.7 Å². The number of aliphatic hydroxyl groups is 1. The van der Waals surface area contributed by atoms with Gasteiger partial charge < -0.3 is 10.1 Å². The van der Waals surface area contributed by atoms with Gasteiger partial charge in [-0.2, -0.15) is 13.2 Å². The Morgan fingerprint density at radius 2 is 2.29 bits per heavy atom. The van der Waals surface area contributed by atoms with Gasteiger partial charge in [-0.1, -0.05) is 0 Å². The molecule has 1 aliphatic heterocycles. The third-order valence-corrected chi connectivity index (χ3v) is 4.23. The zero-order valence-corrected chi connectivity index (χ0v) is 13.1. The van der Waals surface area contributed by atoms with Gasteiger partial charge in [-0.3, -0.25) is 10.3 Å². The summed E-state index contributed by atoms with van der Waals surface area (Å²) in [6.45, 7) is -0.128. The maximum Gasteiger partial charge on any atom is 0.401 e. The van der Waals surface area contributed by atoms with Crippen molar-refractivity contribution in [1.29, 1.82) is 0 Å². The van der Waals surface area contributed by atoms with Crippen molar-refractivity contribution in [3.05, 3.63) is 18.6 Å². The second-order valence-electron chi connectivity index (χ2n) is 5.86. The standard InChI is InChI=1S/C14H19F3N6O/c1-22(12-10-2-4-18-11(10)20-8-21-12)23-5-3-9(6-23)13(24)19-7-14(15,16)17/h2,4,8-9,13,19,24H,3,5-7H2,1H3,(H,18,20,21). The topological polar surface area (TPSA) is 80.3 Å². The lowest BCUT2D eigenvalue weighted by Gasteiger charge is -2.30. The molecular formula is C14H19F3N6O. The molecule has 2 aromatic rings. The minimum absolute atomic E-state index is 0.279. The van der Waals surface area contributed by atoms with Gasteiger partial charge in [0.1, 0.15) is 18.2 Å². The molecule has 7 nitrogen and oxygen atoms in total. The highest BCUT2D eigenvalue weighted by atomic mass is 19.4. The van der Waals surface area contributed by atoms with Gasteiger partial charge in [-0.25, -0.2) is 15.0 Å². The summed E-state index contributed by atoms with van der Waals surface area (Å²) in [5.41, 5.74) is 0.717. The van der Waals surface area contributed by atoms with Gasteiger partial charge in [-0.15, -0.1) is 0 Å². The van der Waals surface area contributed by atoms with E-state index >= 15 is 0 Å². The molecule has 0 amide bonds. The highest BCUT2D eigenvalue weighted by Gasteiger charge is 2.34. The first-order valence-electron chi connectivity index (χ1n) is 7.60. The number of rotatable bonds is 5. The van der Waals surface area contributed by atoms with Gasteiger partial charge in [0.05, 0.1) is 11.9 Å². The molecular weight excluding hydrogens is 325 g/mol. The summed E-state index contributed by atoms with van der Waals surface area (Å²) in [5.74, 6) is 0.429. The predicted octanol–water partition coefficient (Wildman–Crippen LogP) is 1.10. The minimum Gasteiger partial charge on any atom is -0.378 e. The molecule has 1 fully saturated rings. The number of hydrazine groups is 1. The van der Waals surface area contributed by atoms with E-state index in [9.17, 15) is 18.3 Å². The number of hydrogen-bond acceptors (Lipinski definition) is 6. The van der Waals surface area contributed by atoms with Crippen molar-refractivity contribution in [3.63, 3.8) is 0 Å². The number of halogens is 3. The van der Waals surface area contributed by atoms with Crippen molar-refractivity contribution < 1.29 is 18.3 Å². The average molecular weight is 344 g/mol. The van der Waals surface area contributed by atoms with Crippen molar-refractivity contribution in [2.45, 2.75) is 18.8 Å². The molecule has 10 heteroatoms. The molecule has 3 rings (SSSR count). The lowest BCUT2D eigenvalue weighted by atomic mass is 10.1. The summed E-state index contributed by atoms with van der Waals surface area (Å²) in [6, 6.07) is 1.87. The molecule has 0 bridgehead atoms. The van der Waals surface area contributed by atoms with E-state index in [1.165, 1.54) is 6.33 Å². The molecule has 3 heterocycles. The molecule has 3 N–H and O–H groups in total. The number of nitrogens with one attached hydrogen (secondary N) is 2. The van der Waals surface area contributed by atoms with Crippen LogP contribution in [-0.2, 0) is 0 Å². The van der Waals surface area contributed by atoms with Crippen LogP contribution in [0.3, 0.4) is 0 Å². The third kappa shape index (κ3) is 3.60. The second kappa shape index (κ2) is 6.54. The van der Waals surface area contributed by atoms with Crippen LogP contribution in [0.4, 0.5) is 19.0 Å². The number of nitrogens with zero attached hydrogens (tertiary/aromatic N) is 4. The van der Waals surface area contributed by atoms with E-state index in [4.69, 9.17) is 0 Å². The first-order valence-corrected chi connectivity index (χ1v) is 7.60. The first-order chi connectivity index (χ1) is 11.3. The zero-order chi connectivity index (χ0) is 17.3.